The van der Waals surface area contributed by atoms with Crippen LogP contribution in [0, 0.1) is 13.8 Å². The topological polar surface area (TPSA) is 86.7 Å². The van der Waals surface area contributed by atoms with Crippen molar-refractivity contribution in [1.29, 1.82) is 0 Å². The van der Waals surface area contributed by atoms with Gasteiger partial charge in [-0.05, 0) is 38.1 Å². The van der Waals surface area contributed by atoms with Gasteiger partial charge in [-0.2, -0.15) is 4.31 Å². The smallest absolute Gasteiger partial charge is 0.253 e. The largest absolute Gasteiger partial charge is 0.353 e. The molecule has 0 atom stereocenters. The molecule has 0 spiro atoms. The summed E-state index contributed by atoms with van der Waals surface area (Å²) in [5.41, 5.74) is 1.42. The van der Waals surface area contributed by atoms with E-state index in [1.165, 1.54) is 16.4 Å². The van der Waals surface area contributed by atoms with Crippen LogP contribution >= 0.6 is 0 Å². The molecule has 0 aliphatic carbocycles. The first kappa shape index (κ1) is 22.2. The van der Waals surface area contributed by atoms with Gasteiger partial charge in [0.15, 0.2) is 0 Å². The summed E-state index contributed by atoms with van der Waals surface area (Å²) >= 11 is 0. The zero-order chi connectivity index (χ0) is 21.9. The second kappa shape index (κ2) is 9.09. The molecule has 2 heterocycles. The molecule has 1 aromatic carbocycles. The van der Waals surface area contributed by atoms with Crippen LogP contribution < -0.4 is 4.90 Å². The second-order valence-electron chi connectivity index (χ2n) is 7.31. The molecule has 0 radical (unpaired) electrons. The fraction of sp³-hybridized carbons (Fsp3) is 0.476. The molecule has 1 aromatic heterocycles. The highest BCUT2D eigenvalue weighted by Gasteiger charge is 2.25. The van der Waals surface area contributed by atoms with E-state index in [0.717, 1.165) is 17.3 Å². The lowest BCUT2D eigenvalue weighted by Gasteiger charge is -2.35. The Hall–Kier alpha value is -2.52. The van der Waals surface area contributed by atoms with Crippen molar-refractivity contribution in [2.24, 2.45) is 0 Å². The molecule has 30 heavy (non-hydrogen) atoms. The maximum Gasteiger partial charge on any atom is 0.253 e. The van der Waals surface area contributed by atoms with Crippen molar-refractivity contribution in [3.05, 3.63) is 47.4 Å². The van der Waals surface area contributed by atoms with Gasteiger partial charge in [-0.15, -0.1) is 0 Å². The number of aryl methyl sites for hydroxylation is 2. The summed E-state index contributed by atoms with van der Waals surface area (Å²) in [4.78, 5) is 25.9. The van der Waals surface area contributed by atoms with Crippen molar-refractivity contribution < 1.29 is 13.2 Å². The van der Waals surface area contributed by atoms with Gasteiger partial charge in [0.25, 0.3) is 5.91 Å². The van der Waals surface area contributed by atoms with Crippen molar-refractivity contribution in [1.82, 2.24) is 19.2 Å². The Kier molecular flexibility index (Phi) is 6.72. The third kappa shape index (κ3) is 4.62. The fourth-order valence-corrected chi connectivity index (χ4v) is 5.12. The molecule has 1 aliphatic heterocycles. The Morgan fingerprint density at radius 1 is 1.00 bits per heavy atom. The van der Waals surface area contributed by atoms with Crippen LogP contribution in [0.15, 0.2) is 35.2 Å². The summed E-state index contributed by atoms with van der Waals surface area (Å²) in [7, 11) is -3.52. The highest BCUT2D eigenvalue weighted by Crippen LogP contribution is 2.19. The number of piperazine rings is 1. The van der Waals surface area contributed by atoms with Crippen LogP contribution in [0.4, 0.5) is 5.82 Å². The summed E-state index contributed by atoms with van der Waals surface area (Å²) < 4.78 is 26.6. The molecule has 1 saturated heterocycles. The summed E-state index contributed by atoms with van der Waals surface area (Å²) in [6, 6.07) is 8.19. The number of rotatable bonds is 6. The molecule has 9 heteroatoms. The molecule has 0 unspecified atom stereocenters. The monoisotopic (exact) mass is 431 g/mol. The average Bonchev–Trinajstić information content (AvgIpc) is 2.73. The minimum absolute atomic E-state index is 0.0866. The van der Waals surface area contributed by atoms with Gasteiger partial charge in [0.2, 0.25) is 10.0 Å². The Morgan fingerprint density at radius 3 is 2.13 bits per heavy atom. The Balaban J connectivity index is 1.67. The van der Waals surface area contributed by atoms with Crippen LogP contribution in [-0.4, -0.2) is 72.8 Å². The number of carbonyl (C=O) groups excluding carboxylic acids is 1. The Bertz CT molecular complexity index is 976. The van der Waals surface area contributed by atoms with E-state index in [4.69, 9.17) is 0 Å². The van der Waals surface area contributed by atoms with E-state index < -0.39 is 10.0 Å². The van der Waals surface area contributed by atoms with Gasteiger partial charge < -0.3 is 9.80 Å². The van der Waals surface area contributed by atoms with Gasteiger partial charge in [0, 0.05) is 56.6 Å². The van der Waals surface area contributed by atoms with Gasteiger partial charge >= 0.3 is 0 Å². The van der Waals surface area contributed by atoms with E-state index in [1.54, 1.807) is 17.0 Å². The quantitative estimate of drug-likeness (QED) is 0.696. The highest BCUT2D eigenvalue weighted by molar-refractivity contribution is 7.89. The van der Waals surface area contributed by atoms with Gasteiger partial charge in [-0.3, -0.25) is 4.79 Å². The first-order chi connectivity index (χ1) is 14.3. The van der Waals surface area contributed by atoms with Crippen LogP contribution in [-0.2, 0) is 10.0 Å². The van der Waals surface area contributed by atoms with E-state index in [0.29, 0.717) is 44.8 Å². The maximum absolute atomic E-state index is 12.9. The zero-order valence-electron chi connectivity index (χ0n) is 18.0. The number of anilines is 1. The Morgan fingerprint density at radius 2 is 1.60 bits per heavy atom. The SMILES string of the molecule is CCN(CC)S(=O)(=O)c1ccc(C(=O)N2CCN(c3cc(C)nc(C)n3)CC2)cc1. The second-order valence-corrected chi connectivity index (χ2v) is 9.25. The number of benzene rings is 1. The molecule has 1 aliphatic rings. The van der Waals surface area contributed by atoms with Crippen molar-refractivity contribution in [3.63, 3.8) is 0 Å². The normalized spacial score (nSPS) is 15.0. The number of nitrogens with zero attached hydrogens (tertiary/aromatic N) is 5. The molecule has 162 valence electrons. The molecule has 2 aromatic rings. The number of hydrogen-bond acceptors (Lipinski definition) is 6. The molecule has 0 bridgehead atoms. The van der Waals surface area contributed by atoms with E-state index in [1.807, 2.05) is 33.8 Å². The molecular formula is C21H29N5O3S. The van der Waals surface area contributed by atoms with E-state index in [2.05, 4.69) is 14.9 Å². The lowest BCUT2D eigenvalue weighted by atomic mass is 10.2. The lowest BCUT2D eigenvalue weighted by molar-refractivity contribution is 0.0746. The number of aromatic nitrogens is 2. The van der Waals surface area contributed by atoms with Crippen LogP contribution in [0.5, 0.6) is 0 Å². The zero-order valence-corrected chi connectivity index (χ0v) is 18.8. The molecular weight excluding hydrogens is 402 g/mol. The predicted octanol–water partition coefficient (Wildman–Crippen LogP) is 2.09. The maximum atomic E-state index is 12.9. The van der Waals surface area contributed by atoms with Gasteiger partial charge in [0.05, 0.1) is 4.90 Å². The minimum Gasteiger partial charge on any atom is -0.353 e. The van der Waals surface area contributed by atoms with Crippen LogP contribution in [0.1, 0.15) is 35.7 Å². The summed E-state index contributed by atoms with van der Waals surface area (Å²) in [5, 5.41) is 0. The van der Waals surface area contributed by atoms with Gasteiger partial charge in [-0.25, -0.2) is 18.4 Å². The first-order valence-corrected chi connectivity index (χ1v) is 11.7. The van der Waals surface area contributed by atoms with E-state index >= 15 is 0 Å². The van der Waals surface area contributed by atoms with Crippen LogP contribution in [0.25, 0.3) is 0 Å². The fourth-order valence-electron chi connectivity index (χ4n) is 3.66. The van der Waals surface area contributed by atoms with E-state index in [-0.39, 0.29) is 10.8 Å². The average molecular weight is 432 g/mol. The van der Waals surface area contributed by atoms with Crippen molar-refractivity contribution in [3.8, 4) is 0 Å². The Labute approximate surface area is 178 Å². The highest BCUT2D eigenvalue weighted by atomic mass is 32.2. The van der Waals surface area contributed by atoms with Gasteiger partial charge in [0.1, 0.15) is 11.6 Å². The van der Waals surface area contributed by atoms with Gasteiger partial charge in [-0.1, -0.05) is 13.8 Å². The summed E-state index contributed by atoms with van der Waals surface area (Å²) in [6.45, 7) is 10.8. The summed E-state index contributed by atoms with van der Waals surface area (Å²) in [6.07, 6.45) is 0. The van der Waals surface area contributed by atoms with Crippen LogP contribution in [0.3, 0.4) is 0 Å². The lowest BCUT2D eigenvalue weighted by Crippen LogP contribution is -2.49. The van der Waals surface area contributed by atoms with E-state index in [9.17, 15) is 13.2 Å². The van der Waals surface area contributed by atoms with Crippen molar-refractivity contribution in [2.75, 3.05) is 44.2 Å². The number of hydrogen-bond donors (Lipinski definition) is 0. The first-order valence-electron chi connectivity index (χ1n) is 10.2. The predicted molar refractivity (Wildman–Crippen MR) is 116 cm³/mol. The third-order valence-electron chi connectivity index (χ3n) is 5.29. The minimum atomic E-state index is -3.52. The number of amides is 1. The number of sulfonamides is 1. The molecule has 8 nitrogen and oxygen atoms in total. The molecule has 0 saturated carbocycles. The molecule has 1 fully saturated rings. The molecule has 0 N–H and O–H groups in total. The molecule has 3 rings (SSSR count). The molecule has 1 amide bonds. The van der Waals surface area contributed by atoms with Crippen LogP contribution in [0.2, 0.25) is 0 Å². The summed E-state index contributed by atoms with van der Waals surface area (Å²) in [5.74, 6) is 1.54. The number of carbonyl (C=O) groups is 1. The van der Waals surface area contributed by atoms with Crippen molar-refractivity contribution in [2.45, 2.75) is 32.6 Å². The standard InChI is InChI=1S/C21H29N5O3S/c1-5-26(6-2)30(28,29)19-9-7-18(8-10-19)21(27)25-13-11-24(12-14-25)20-15-16(3)22-17(4)23-20/h7-10,15H,5-6,11-14H2,1-4H3. The third-order valence-corrected chi connectivity index (χ3v) is 7.35. The van der Waals surface area contributed by atoms with Crippen molar-refractivity contribution >= 4 is 21.7 Å².